The van der Waals surface area contributed by atoms with Gasteiger partial charge in [0.2, 0.25) is 11.2 Å². The molecule has 156 valence electrons. The van der Waals surface area contributed by atoms with Gasteiger partial charge < -0.3 is 9.15 Å². The highest BCUT2D eigenvalue weighted by Crippen LogP contribution is 2.21. The van der Waals surface area contributed by atoms with Gasteiger partial charge >= 0.3 is 5.97 Å². The lowest BCUT2D eigenvalue weighted by Crippen LogP contribution is -2.16. The lowest BCUT2D eigenvalue weighted by atomic mass is 10.0. The molecule has 0 saturated carbocycles. The molecule has 4 aromatic rings. The van der Waals surface area contributed by atoms with Gasteiger partial charge in [-0.05, 0) is 36.2 Å². The second kappa shape index (κ2) is 9.14. The second-order valence-corrected chi connectivity index (χ2v) is 8.03. The van der Waals surface area contributed by atoms with E-state index in [4.69, 9.17) is 9.15 Å². The van der Waals surface area contributed by atoms with Crippen LogP contribution in [-0.2, 0) is 17.0 Å². The summed E-state index contributed by atoms with van der Waals surface area (Å²) < 4.78 is 10.8. The Labute approximate surface area is 183 Å². The van der Waals surface area contributed by atoms with E-state index in [-0.39, 0.29) is 12.2 Å². The van der Waals surface area contributed by atoms with Crippen molar-refractivity contribution in [1.29, 1.82) is 0 Å². The first kappa shape index (κ1) is 20.8. The van der Waals surface area contributed by atoms with Crippen molar-refractivity contribution in [3.05, 3.63) is 93.8 Å². The molecule has 4 rings (SSSR count). The van der Waals surface area contributed by atoms with Crippen molar-refractivity contribution in [3.8, 4) is 5.75 Å². The molecule has 2 aromatic heterocycles. The summed E-state index contributed by atoms with van der Waals surface area (Å²) in [5.74, 6) is 0.199. The van der Waals surface area contributed by atoms with E-state index in [0.29, 0.717) is 16.7 Å². The molecule has 31 heavy (non-hydrogen) atoms. The minimum atomic E-state index is -0.519. The Kier molecular flexibility index (Phi) is 6.13. The summed E-state index contributed by atoms with van der Waals surface area (Å²) in [7, 11) is 0. The summed E-state index contributed by atoms with van der Waals surface area (Å²) in [5.41, 5.74) is 2.19. The van der Waals surface area contributed by atoms with E-state index in [2.05, 4.69) is 9.97 Å². The summed E-state index contributed by atoms with van der Waals surface area (Å²) in [4.78, 5) is 33.5. The maximum atomic E-state index is 12.4. The van der Waals surface area contributed by atoms with Crippen molar-refractivity contribution >= 4 is 28.5 Å². The zero-order chi connectivity index (χ0) is 21.8. The fourth-order valence-corrected chi connectivity index (χ4v) is 4.08. The summed E-state index contributed by atoms with van der Waals surface area (Å²) in [5, 5.41) is 2.64. The van der Waals surface area contributed by atoms with Gasteiger partial charge in [0.15, 0.2) is 5.16 Å². The smallest absolute Gasteiger partial charge is 0.315 e. The standard InChI is InChI=1S/C24H20N2O4S/c1-15-10-16(2)26-24(25-15)31-14-19-12-21(27)22(13-29-19)30-23(28)11-18-8-5-7-17-6-3-4-9-20(17)18/h3-10,12-13H,11,14H2,1-2H3. The van der Waals surface area contributed by atoms with Gasteiger partial charge in [-0.3, -0.25) is 9.59 Å². The van der Waals surface area contributed by atoms with E-state index in [1.54, 1.807) is 0 Å². The van der Waals surface area contributed by atoms with Crippen molar-refractivity contribution in [2.75, 3.05) is 0 Å². The average molecular weight is 433 g/mol. The van der Waals surface area contributed by atoms with Crippen molar-refractivity contribution in [3.63, 3.8) is 0 Å². The number of carbonyl (C=O) groups excluding carboxylic acids is 1. The molecule has 7 heteroatoms. The number of ether oxygens (including phenoxy) is 1. The summed E-state index contributed by atoms with van der Waals surface area (Å²) in [6, 6.07) is 16.8. The lowest BCUT2D eigenvalue weighted by molar-refractivity contribution is -0.133. The van der Waals surface area contributed by atoms with E-state index >= 15 is 0 Å². The minimum Gasteiger partial charge on any atom is -0.464 e. The third kappa shape index (κ3) is 5.19. The first-order valence-corrected chi connectivity index (χ1v) is 10.7. The van der Waals surface area contributed by atoms with Gasteiger partial charge in [0, 0.05) is 17.5 Å². The third-order valence-corrected chi connectivity index (χ3v) is 5.47. The molecule has 2 heterocycles. The first-order chi connectivity index (χ1) is 15.0. The lowest BCUT2D eigenvalue weighted by Gasteiger charge is -2.07. The molecule has 0 aliphatic carbocycles. The van der Waals surface area contributed by atoms with Crippen LogP contribution < -0.4 is 10.2 Å². The maximum absolute atomic E-state index is 12.4. The van der Waals surface area contributed by atoms with Gasteiger partial charge in [0.1, 0.15) is 12.0 Å². The summed E-state index contributed by atoms with van der Waals surface area (Å²) >= 11 is 1.37. The van der Waals surface area contributed by atoms with Gasteiger partial charge in [-0.1, -0.05) is 54.2 Å². The monoisotopic (exact) mass is 432 g/mol. The second-order valence-electron chi connectivity index (χ2n) is 7.09. The molecule has 0 aliphatic rings. The number of aryl methyl sites for hydroxylation is 2. The van der Waals surface area contributed by atoms with Crippen LogP contribution in [0.15, 0.2) is 75.2 Å². The third-order valence-electron chi connectivity index (χ3n) is 4.60. The molecule has 0 fully saturated rings. The highest BCUT2D eigenvalue weighted by Gasteiger charge is 2.13. The Bertz CT molecular complexity index is 1290. The number of thioether (sulfide) groups is 1. The average Bonchev–Trinajstić information content (AvgIpc) is 2.74. The molecule has 0 saturated heterocycles. The Morgan fingerprint density at radius 1 is 1.03 bits per heavy atom. The fourth-order valence-electron chi connectivity index (χ4n) is 3.24. The Morgan fingerprint density at radius 3 is 2.55 bits per heavy atom. The Morgan fingerprint density at radius 2 is 1.77 bits per heavy atom. The van der Waals surface area contributed by atoms with Gasteiger partial charge in [0.05, 0.1) is 12.2 Å². The number of hydrogen-bond acceptors (Lipinski definition) is 7. The molecule has 0 N–H and O–H groups in total. The maximum Gasteiger partial charge on any atom is 0.315 e. The summed E-state index contributed by atoms with van der Waals surface area (Å²) in [6.45, 7) is 3.81. The number of nitrogens with zero attached hydrogens (tertiary/aromatic N) is 2. The Balaban J connectivity index is 1.42. The molecule has 0 radical (unpaired) electrons. The van der Waals surface area contributed by atoms with E-state index in [1.165, 1.54) is 24.1 Å². The number of benzene rings is 2. The van der Waals surface area contributed by atoms with Crippen LogP contribution in [0, 0.1) is 13.8 Å². The van der Waals surface area contributed by atoms with Gasteiger partial charge in [0.25, 0.3) is 0 Å². The number of esters is 1. The molecular formula is C24H20N2O4S. The largest absolute Gasteiger partial charge is 0.464 e. The number of hydrogen-bond donors (Lipinski definition) is 0. The minimum absolute atomic E-state index is 0.0580. The van der Waals surface area contributed by atoms with Crippen LogP contribution in [0.3, 0.4) is 0 Å². The zero-order valence-corrected chi connectivity index (χ0v) is 17.9. The topological polar surface area (TPSA) is 82.3 Å². The SMILES string of the molecule is Cc1cc(C)nc(SCc2cc(=O)c(OC(=O)Cc3cccc4ccccc34)co2)n1. The molecular weight excluding hydrogens is 412 g/mol. The van der Waals surface area contributed by atoms with E-state index < -0.39 is 11.4 Å². The van der Waals surface area contributed by atoms with E-state index in [0.717, 1.165) is 27.7 Å². The van der Waals surface area contributed by atoms with Gasteiger partial charge in [-0.15, -0.1) is 0 Å². The summed E-state index contributed by atoms with van der Waals surface area (Å²) in [6.07, 6.45) is 1.24. The molecule has 6 nitrogen and oxygen atoms in total. The Hall–Kier alpha value is -3.45. The van der Waals surface area contributed by atoms with Crippen molar-refractivity contribution in [1.82, 2.24) is 9.97 Å². The van der Waals surface area contributed by atoms with Crippen LogP contribution in [0.4, 0.5) is 0 Å². The number of carbonyl (C=O) groups is 1. The van der Waals surface area contributed by atoms with Gasteiger partial charge in [-0.25, -0.2) is 9.97 Å². The van der Waals surface area contributed by atoms with Crippen LogP contribution in [-0.4, -0.2) is 15.9 Å². The molecule has 0 aliphatic heterocycles. The van der Waals surface area contributed by atoms with E-state index in [9.17, 15) is 9.59 Å². The predicted molar refractivity (Wildman–Crippen MR) is 119 cm³/mol. The highest BCUT2D eigenvalue weighted by atomic mass is 32.2. The molecule has 0 amide bonds. The molecule has 0 bridgehead atoms. The van der Waals surface area contributed by atoms with Gasteiger partial charge in [-0.2, -0.15) is 0 Å². The van der Waals surface area contributed by atoms with Crippen molar-refractivity contribution in [2.45, 2.75) is 31.2 Å². The first-order valence-electron chi connectivity index (χ1n) is 9.72. The molecule has 0 unspecified atom stereocenters. The van der Waals surface area contributed by atoms with Crippen LogP contribution in [0.5, 0.6) is 5.75 Å². The number of fused-ring (bicyclic) bond motifs is 1. The van der Waals surface area contributed by atoms with Crippen LogP contribution in [0.1, 0.15) is 22.7 Å². The normalized spacial score (nSPS) is 10.9. The number of rotatable bonds is 6. The fraction of sp³-hybridized carbons (Fsp3) is 0.167. The molecule has 0 atom stereocenters. The van der Waals surface area contributed by atoms with Crippen LogP contribution in [0.25, 0.3) is 10.8 Å². The molecule has 0 spiro atoms. The van der Waals surface area contributed by atoms with Crippen molar-refractivity contribution < 1.29 is 13.9 Å². The molecule has 2 aromatic carbocycles. The highest BCUT2D eigenvalue weighted by molar-refractivity contribution is 7.98. The quantitative estimate of drug-likeness (QED) is 0.249. The van der Waals surface area contributed by atoms with Crippen LogP contribution >= 0.6 is 11.8 Å². The predicted octanol–water partition coefficient (Wildman–Crippen LogP) is 4.64. The van der Waals surface area contributed by atoms with Crippen LogP contribution in [0.2, 0.25) is 0 Å². The number of aromatic nitrogens is 2. The zero-order valence-electron chi connectivity index (χ0n) is 17.1. The van der Waals surface area contributed by atoms with Crippen molar-refractivity contribution in [2.24, 2.45) is 0 Å². The van der Waals surface area contributed by atoms with E-state index in [1.807, 2.05) is 62.4 Å².